The number of hydrogen-bond acceptors (Lipinski definition) is 3. The van der Waals surface area contributed by atoms with E-state index in [4.69, 9.17) is 8.53 Å². The molecule has 0 atom stereocenters. The van der Waals surface area contributed by atoms with Crippen molar-refractivity contribution >= 4 is 68.4 Å². The molecule has 7 aromatic rings. The first-order chi connectivity index (χ1) is 33.0. The maximum absolute atomic E-state index is 9.41. The summed E-state index contributed by atoms with van der Waals surface area (Å²) in [6, 6.07) is 30.2. The molecule has 11 rings (SSSR count). The Bertz CT molecular complexity index is 3370. The van der Waals surface area contributed by atoms with E-state index < -0.39 is 6.04 Å². The molecule has 0 N–H and O–H groups in total. The molecule has 0 fully saturated rings. The van der Waals surface area contributed by atoms with Crippen LogP contribution in [0, 0.1) is 0 Å². The first-order valence-corrected chi connectivity index (χ1v) is 24.4. The molecule has 0 spiro atoms. The van der Waals surface area contributed by atoms with E-state index in [-0.39, 0.29) is 68.9 Å². The van der Waals surface area contributed by atoms with Crippen molar-refractivity contribution in [3.63, 3.8) is 0 Å². The number of nitrogens with zero attached hydrogens (tertiary/aromatic N) is 2. The van der Waals surface area contributed by atoms with E-state index in [2.05, 4.69) is 192 Å². The van der Waals surface area contributed by atoms with Crippen molar-refractivity contribution < 1.29 is 11.3 Å². The van der Waals surface area contributed by atoms with Gasteiger partial charge in [-0.05, 0) is 168 Å². The monoisotopic (exact) mass is 874 g/mol. The summed E-state index contributed by atoms with van der Waals surface area (Å²) >= 11 is 0. The number of rotatable bonds is 3. The molecule has 0 radical (unpaired) electrons. The van der Waals surface area contributed by atoms with Gasteiger partial charge in [-0.15, -0.1) is 0 Å². The molecule has 3 heterocycles. The predicted octanol–water partition coefficient (Wildman–Crippen LogP) is 15.5. The van der Waals surface area contributed by atoms with Crippen molar-refractivity contribution in [1.29, 1.82) is 0 Å². The van der Waals surface area contributed by atoms with Crippen LogP contribution < -0.4 is 26.2 Å². The van der Waals surface area contributed by atoms with E-state index in [9.17, 15) is 2.74 Å². The molecule has 4 aliphatic rings. The smallest absolute Gasteiger partial charge is 0.257 e. The summed E-state index contributed by atoms with van der Waals surface area (Å²) in [7, 11) is 0. The minimum Gasteiger partial charge on any atom is -0.440 e. The van der Waals surface area contributed by atoms with Gasteiger partial charge in [-0.2, -0.15) is 0 Å². The largest absolute Gasteiger partial charge is 0.440 e. The van der Waals surface area contributed by atoms with Gasteiger partial charge in [0.25, 0.3) is 6.71 Å². The Labute approximate surface area is 402 Å². The second kappa shape index (κ2) is 14.0. The van der Waals surface area contributed by atoms with E-state index >= 15 is 0 Å². The third-order valence-corrected chi connectivity index (χ3v) is 16.4. The normalized spacial score (nSPS) is 19.7. The van der Waals surface area contributed by atoms with Crippen molar-refractivity contribution in [2.75, 3.05) is 9.80 Å². The zero-order valence-corrected chi connectivity index (χ0v) is 41.8. The van der Waals surface area contributed by atoms with Crippen LogP contribution in [-0.2, 0) is 32.5 Å². The van der Waals surface area contributed by atoms with E-state index in [1.54, 1.807) is 0 Å². The highest BCUT2D eigenvalue weighted by atomic mass is 16.4. The lowest BCUT2D eigenvalue weighted by Gasteiger charge is -2.47. The van der Waals surface area contributed by atoms with Crippen LogP contribution in [0.15, 0.2) is 120 Å². The van der Waals surface area contributed by atoms with Crippen molar-refractivity contribution in [3.8, 4) is 11.1 Å². The molecule has 336 valence electrons. The second-order valence-corrected chi connectivity index (χ2v) is 24.8. The number of furan rings is 1. The quantitative estimate of drug-likeness (QED) is 0.165. The number of hydrogen-bond donors (Lipinski definition) is 0. The van der Waals surface area contributed by atoms with E-state index in [1.807, 2.05) is 0 Å². The van der Waals surface area contributed by atoms with Crippen LogP contribution in [0.1, 0.15) is 163 Å². The van der Waals surface area contributed by atoms with Gasteiger partial charge >= 0.3 is 0 Å². The molecule has 0 amide bonds. The Morgan fingerprint density at radius 2 is 0.955 bits per heavy atom. The van der Waals surface area contributed by atoms with Crippen LogP contribution in [0.3, 0.4) is 0 Å². The Morgan fingerprint density at radius 1 is 0.500 bits per heavy atom. The topological polar surface area (TPSA) is 19.6 Å². The number of anilines is 6. The van der Waals surface area contributed by atoms with E-state index in [0.717, 1.165) is 81.9 Å². The Hall–Kier alpha value is -5.48. The first kappa shape index (κ1) is 37.6. The lowest BCUT2D eigenvalue weighted by molar-refractivity contribution is 0.332. The van der Waals surface area contributed by atoms with Gasteiger partial charge in [-0.3, -0.25) is 4.90 Å². The minimum atomic E-state index is -0.408. The van der Waals surface area contributed by atoms with Crippen LogP contribution in [-0.4, -0.2) is 6.71 Å². The molecular weight excluding hydrogens is 800 g/mol. The summed E-state index contributed by atoms with van der Waals surface area (Å²) in [5.74, 6) is 0.745. The molecule has 2 aliphatic carbocycles. The standard InChI is InChI=1S/C62H69BN2O/c1-57(2,3)40-20-24-42(25-21-40)64-50-36-47-46(60(9,10)29-30-61(47,11)12)35-49(50)63-54-44-34-45-48(62(13,14)31-28-59(45,7)8)37-53(44)66-56(54)65(43-26-22-41(23-27-43)58(4,5)6)52-33-39(32-51(64)55(52)63)38-18-16-15-17-19-38/h15-27,32-37H,28-31H2,1-14H3/i15D,16D,17D,18D,19D. The third kappa shape index (κ3) is 6.51. The van der Waals surface area contributed by atoms with Crippen molar-refractivity contribution in [3.05, 3.63) is 149 Å². The van der Waals surface area contributed by atoms with Crippen molar-refractivity contribution in [2.45, 2.75) is 155 Å². The second-order valence-electron chi connectivity index (χ2n) is 24.8. The highest BCUT2D eigenvalue weighted by molar-refractivity contribution is 7.01. The fourth-order valence-electron chi connectivity index (χ4n) is 11.9. The van der Waals surface area contributed by atoms with Crippen LogP contribution in [0.2, 0.25) is 0 Å². The Morgan fingerprint density at radius 3 is 1.47 bits per heavy atom. The zero-order valence-electron chi connectivity index (χ0n) is 46.8. The minimum absolute atomic E-state index is 0.0400. The number of fused-ring (bicyclic) bond motifs is 8. The van der Waals surface area contributed by atoms with Gasteiger partial charge in [0.2, 0.25) is 5.88 Å². The third-order valence-electron chi connectivity index (χ3n) is 16.4. The summed E-state index contributed by atoms with van der Waals surface area (Å²) in [6.45, 7) is 32.3. The fraction of sp³-hybridized carbons (Fsp3) is 0.387. The maximum Gasteiger partial charge on any atom is 0.257 e. The molecule has 2 aliphatic heterocycles. The molecule has 4 heteroatoms. The molecule has 0 saturated heterocycles. The summed E-state index contributed by atoms with van der Waals surface area (Å²) in [5, 5.41) is 1.11. The van der Waals surface area contributed by atoms with Crippen LogP contribution in [0.5, 0.6) is 0 Å². The van der Waals surface area contributed by atoms with Crippen LogP contribution in [0.4, 0.5) is 34.3 Å². The summed E-state index contributed by atoms with van der Waals surface area (Å²) in [5.41, 5.74) is 17.3. The van der Waals surface area contributed by atoms with Gasteiger partial charge in [0.05, 0.1) is 6.85 Å². The molecule has 0 bridgehead atoms. The Kier molecular flexibility index (Phi) is 8.00. The first-order valence-electron chi connectivity index (χ1n) is 26.9. The molecule has 3 nitrogen and oxygen atoms in total. The average Bonchev–Trinajstić information content (AvgIpc) is 3.67. The molecule has 0 unspecified atom stereocenters. The molecule has 1 aromatic heterocycles. The van der Waals surface area contributed by atoms with Gasteiger partial charge in [0.15, 0.2) is 0 Å². The van der Waals surface area contributed by atoms with E-state index in [1.165, 1.54) is 38.8 Å². The van der Waals surface area contributed by atoms with E-state index in [0.29, 0.717) is 5.56 Å². The summed E-state index contributed by atoms with van der Waals surface area (Å²) < 4.78 is 52.7. The van der Waals surface area contributed by atoms with Crippen molar-refractivity contribution in [2.24, 2.45) is 0 Å². The van der Waals surface area contributed by atoms with Gasteiger partial charge in [-0.1, -0.05) is 157 Å². The van der Waals surface area contributed by atoms with Crippen LogP contribution in [0.25, 0.3) is 22.1 Å². The predicted molar refractivity (Wildman–Crippen MR) is 284 cm³/mol. The summed E-state index contributed by atoms with van der Waals surface area (Å²) in [4.78, 5) is 4.68. The lowest BCUT2D eigenvalue weighted by atomic mass is 9.33. The van der Waals surface area contributed by atoms with Gasteiger partial charge in [0, 0.05) is 39.3 Å². The number of benzene rings is 6. The van der Waals surface area contributed by atoms with Gasteiger partial charge < -0.3 is 9.32 Å². The molecular formula is C62H69BN2O. The maximum atomic E-state index is 9.41. The highest BCUT2D eigenvalue weighted by Gasteiger charge is 2.49. The zero-order chi connectivity index (χ0) is 51.0. The van der Waals surface area contributed by atoms with Gasteiger partial charge in [-0.25, -0.2) is 0 Å². The Balaban J connectivity index is 1.33. The van der Waals surface area contributed by atoms with Crippen LogP contribution >= 0.6 is 0 Å². The van der Waals surface area contributed by atoms with Crippen molar-refractivity contribution in [1.82, 2.24) is 0 Å². The summed E-state index contributed by atoms with van der Waals surface area (Å²) in [6.07, 6.45) is 4.31. The van der Waals surface area contributed by atoms with Gasteiger partial charge in [0.1, 0.15) is 5.58 Å². The fourth-order valence-corrected chi connectivity index (χ4v) is 11.9. The SMILES string of the molecule is [2H]c1c([2H])c([2H])c(-c2cc3c4c(c2)N(c2ccc(C(C)(C)C)cc2)c2oc5cc6c(cc5c2B4c2cc4c(cc2N3c2ccc(C(C)(C)C)cc2)C(C)(C)CCC4(C)C)C(C)(C)CCC6(C)C)c([2H])c1[2H]. The average molecular weight is 874 g/mol. The lowest BCUT2D eigenvalue weighted by Crippen LogP contribution is -2.61. The molecule has 0 saturated carbocycles. The molecule has 66 heavy (non-hydrogen) atoms. The highest BCUT2D eigenvalue weighted by Crippen LogP contribution is 2.53. The molecule has 6 aromatic carbocycles.